The van der Waals surface area contributed by atoms with E-state index < -0.39 is 31.0 Å². The number of pyridine rings is 1. The predicted molar refractivity (Wildman–Crippen MR) is 54.6 cm³/mol. The average Bonchev–Trinajstić information content (AvgIpc) is 2.14. The van der Waals surface area contributed by atoms with Crippen molar-refractivity contribution in [2.75, 3.05) is 24.6 Å². The molecule has 0 amide bonds. The van der Waals surface area contributed by atoms with E-state index in [4.69, 9.17) is 16.7 Å². The fraction of sp³-hybridized carbons (Fsp3) is 0.444. The molecule has 0 bridgehead atoms. The lowest BCUT2D eigenvalue weighted by Gasteiger charge is -2.24. The van der Waals surface area contributed by atoms with E-state index in [2.05, 4.69) is 4.98 Å². The van der Waals surface area contributed by atoms with Gasteiger partial charge in [0.15, 0.2) is 11.6 Å². The highest BCUT2D eigenvalue weighted by Gasteiger charge is 2.32. The van der Waals surface area contributed by atoms with Gasteiger partial charge in [0.05, 0.1) is 11.6 Å². The number of aliphatic hydroxyl groups excluding tert-OH is 1. The Balaban J connectivity index is 2.97. The molecule has 1 heterocycles. The van der Waals surface area contributed by atoms with Gasteiger partial charge < -0.3 is 10.0 Å². The van der Waals surface area contributed by atoms with Gasteiger partial charge in [0.2, 0.25) is 0 Å². The van der Waals surface area contributed by atoms with Crippen LogP contribution in [0.1, 0.15) is 0 Å². The summed E-state index contributed by atoms with van der Waals surface area (Å²) < 4.78 is 50.0. The van der Waals surface area contributed by atoms with Crippen LogP contribution in [-0.2, 0) is 0 Å². The molecule has 0 aliphatic rings. The summed E-state index contributed by atoms with van der Waals surface area (Å²) in [6.07, 6.45) is -3.47. The van der Waals surface area contributed by atoms with E-state index in [0.29, 0.717) is 4.90 Å². The first-order valence-electron chi connectivity index (χ1n) is 4.57. The summed E-state index contributed by atoms with van der Waals surface area (Å²) in [5.41, 5.74) is 0. The van der Waals surface area contributed by atoms with Gasteiger partial charge in [-0.25, -0.2) is 9.37 Å². The van der Waals surface area contributed by atoms with Gasteiger partial charge in [-0.05, 0) is 6.07 Å². The van der Waals surface area contributed by atoms with E-state index in [1.54, 1.807) is 0 Å². The van der Waals surface area contributed by atoms with Crippen molar-refractivity contribution in [1.82, 2.24) is 4.98 Å². The molecule has 1 aromatic rings. The topological polar surface area (TPSA) is 36.4 Å². The average molecular weight is 273 g/mol. The number of alkyl halides is 3. The number of hydrogen-bond acceptors (Lipinski definition) is 3. The number of halogens is 5. The molecule has 1 N–H and O–H groups in total. The number of rotatable bonds is 4. The highest BCUT2D eigenvalue weighted by atomic mass is 35.5. The number of nitrogens with zero attached hydrogens (tertiary/aromatic N) is 2. The summed E-state index contributed by atoms with van der Waals surface area (Å²) in [6.45, 7) is -2.30. The van der Waals surface area contributed by atoms with Gasteiger partial charge in [0.1, 0.15) is 6.54 Å². The van der Waals surface area contributed by atoms with E-state index in [0.717, 1.165) is 12.3 Å². The minimum atomic E-state index is -4.51. The van der Waals surface area contributed by atoms with Crippen LogP contribution in [0.2, 0.25) is 5.02 Å². The molecule has 0 saturated heterocycles. The van der Waals surface area contributed by atoms with Crippen LogP contribution in [0, 0.1) is 5.82 Å². The van der Waals surface area contributed by atoms with Crippen LogP contribution in [0.3, 0.4) is 0 Å². The zero-order valence-corrected chi connectivity index (χ0v) is 9.26. The number of aliphatic hydroxyl groups is 1. The van der Waals surface area contributed by atoms with Crippen molar-refractivity contribution < 1.29 is 22.7 Å². The summed E-state index contributed by atoms with van der Waals surface area (Å²) >= 11 is 5.44. The zero-order chi connectivity index (χ0) is 13.1. The summed E-state index contributed by atoms with van der Waals surface area (Å²) in [5, 5.41) is 8.64. The number of anilines is 1. The van der Waals surface area contributed by atoms with Crippen molar-refractivity contribution in [3.05, 3.63) is 23.1 Å². The van der Waals surface area contributed by atoms with Crippen LogP contribution < -0.4 is 4.90 Å². The second kappa shape index (κ2) is 5.50. The van der Waals surface area contributed by atoms with Crippen molar-refractivity contribution in [3.8, 4) is 0 Å². The molecule has 0 aliphatic carbocycles. The lowest BCUT2D eigenvalue weighted by atomic mass is 10.3. The quantitative estimate of drug-likeness (QED) is 0.854. The van der Waals surface area contributed by atoms with Crippen LogP contribution >= 0.6 is 11.6 Å². The molecule has 0 saturated carbocycles. The second-order valence-corrected chi connectivity index (χ2v) is 3.66. The molecule has 0 radical (unpaired) electrons. The Morgan fingerprint density at radius 2 is 2.06 bits per heavy atom. The van der Waals surface area contributed by atoms with Gasteiger partial charge in [-0.1, -0.05) is 11.6 Å². The van der Waals surface area contributed by atoms with E-state index in [9.17, 15) is 17.6 Å². The molecular formula is C9H9ClF4N2O. The fourth-order valence-corrected chi connectivity index (χ4v) is 1.38. The Hall–Kier alpha value is -1.08. The number of hydrogen-bond donors (Lipinski definition) is 1. The van der Waals surface area contributed by atoms with Crippen molar-refractivity contribution in [2.45, 2.75) is 6.18 Å². The first-order chi connectivity index (χ1) is 7.83. The standard InChI is InChI=1S/C9H9ClF4N2O/c10-6-3-7(11)8(15-4-6)16(1-2-17)5-9(12,13)14/h3-4,17H,1-2,5H2. The number of aromatic nitrogens is 1. The minimum absolute atomic E-state index is 0.0118. The molecule has 0 unspecified atom stereocenters. The van der Waals surface area contributed by atoms with E-state index in [-0.39, 0.29) is 11.6 Å². The highest BCUT2D eigenvalue weighted by molar-refractivity contribution is 6.30. The maximum absolute atomic E-state index is 13.4. The van der Waals surface area contributed by atoms with Crippen molar-refractivity contribution in [3.63, 3.8) is 0 Å². The van der Waals surface area contributed by atoms with E-state index in [1.807, 2.05) is 0 Å². The Labute approximate surface area is 99.6 Å². The third-order valence-corrected chi connectivity index (χ3v) is 2.03. The molecule has 0 fully saturated rings. The molecule has 96 valence electrons. The molecule has 0 aromatic carbocycles. The third-order valence-electron chi connectivity index (χ3n) is 1.83. The van der Waals surface area contributed by atoms with Crippen LogP contribution in [0.4, 0.5) is 23.4 Å². The van der Waals surface area contributed by atoms with Gasteiger partial charge in [-0.15, -0.1) is 0 Å². The van der Waals surface area contributed by atoms with Crippen molar-refractivity contribution in [2.24, 2.45) is 0 Å². The zero-order valence-electron chi connectivity index (χ0n) is 8.51. The van der Waals surface area contributed by atoms with Gasteiger partial charge >= 0.3 is 6.18 Å². The van der Waals surface area contributed by atoms with Crippen LogP contribution in [0.5, 0.6) is 0 Å². The Kier molecular flexibility index (Phi) is 4.53. The molecule has 0 atom stereocenters. The van der Waals surface area contributed by atoms with Crippen molar-refractivity contribution in [1.29, 1.82) is 0 Å². The maximum atomic E-state index is 13.4. The normalized spacial score (nSPS) is 11.6. The monoisotopic (exact) mass is 272 g/mol. The van der Waals surface area contributed by atoms with Gasteiger partial charge in [-0.2, -0.15) is 13.2 Å². The smallest absolute Gasteiger partial charge is 0.395 e. The Morgan fingerprint density at radius 1 is 1.41 bits per heavy atom. The summed E-state index contributed by atoms with van der Waals surface area (Å²) in [6, 6.07) is 0.866. The third kappa shape index (κ3) is 4.35. The second-order valence-electron chi connectivity index (χ2n) is 3.22. The lowest BCUT2D eigenvalue weighted by molar-refractivity contribution is -0.120. The van der Waals surface area contributed by atoms with Crippen molar-refractivity contribution >= 4 is 17.4 Å². The summed E-state index contributed by atoms with van der Waals surface area (Å²) in [5.74, 6) is -1.45. The molecule has 8 heteroatoms. The molecule has 0 aliphatic heterocycles. The van der Waals surface area contributed by atoms with Crippen LogP contribution in [0.15, 0.2) is 12.3 Å². The first kappa shape index (κ1) is 14.0. The Morgan fingerprint density at radius 3 is 2.53 bits per heavy atom. The van der Waals surface area contributed by atoms with Gasteiger partial charge in [0.25, 0.3) is 0 Å². The van der Waals surface area contributed by atoms with E-state index >= 15 is 0 Å². The van der Waals surface area contributed by atoms with Gasteiger partial charge in [0, 0.05) is 12.7 Å². The highest BCUT2D eigenvalue weighted by Crippen LogP contribution is 2.24. The SMILES string of the molecule is OCCN(CC(F)(F)F)c1ncc(Cl)cc1F. The van der Waals surface area contributed by atoms with Gasteiger partial charge in [-0.3, -0.25) is 0 Å². The van der Waals surface area contributed by atoms with Crippen LogP contribution in [0.25, 0.3) is 0 Å². The van der Waals surface area contributed by atoms with E-state index in [1.165, 1.54) is 0 Å². The fourth-order valence-electron chi connectivity index (χ4n) is 1.24. The largest absolute Gasteiger partial charge is 0.405 e. The Bertz CT molecular complexity index is 386. The molecule has 1 rings (SSSR count). The summed E-state index contributed by atoms with van der Waals surface area (Å²) in [4.78, 5) is 4.09. The molecule has 17 heavy (non-hydrogen) atoms. The summed E-state index contributed by atoms with van der Waals surface area (Å²) in [7, 11) is 0. The molecular weight excluding hydrogens is 264 g/mol. The molecule has 0 spiro atoms. The lowest BCUT2D eigenvalue weighted by Crippen LogP contribution is -2.37. The molecule has 3 nitrogen and oxygen atoms in total. The van der Waals surface area contributed by atoms with Crippen LogP contribution in [-0.4, -0.2) is 36.0 Å². The maximum Gasteiger partial charge on any atom is 0.405 e. The molecule has 1 aromatic heterocycles. The minimum Gasteiger partial charge on any atom is -0.395 e. The predicted octanol–water partition coefficient (Wildman–Crippen LogP) is 2.24. The first-order valence-corrected chi connectivity index (χ1v) is 4.95.